The highest BCUT2D eigenvalue weighted by Gasteiger charge is 2.40. The van der Waals surface area contributed by atoms with E-state index in [4.69, 9.17) is 18.6 Å². The van der Waals surface area contributed by atoms with Crippen molar-refractivity contribution in [2.75, 3.05) is 31.1 Å². The van der Waals surface area contributed by atoms with Gasteiger partial charge in [-0.05, 0) is 97.4 Å². The van der Waals surface area contributed by atoms with Gasteiger partial charge in [0.15, 0.2) is 8.32 Å². The predicted molar refractivity (Wildman–Crippen MR) is 228 cm³/mol. The van der Waals surface area contributed by atoms with Gasteiger partial charge in [0.2, 0.25) is 5.91 Å². The molecule has 1 aromatic heterocycles. The fourth-order valence-corrected chi connectivity index (χ4v) is 8.44. The van der Waals surface area contributed by atoms with E-state index < -0.39 is 55.4 Å². The SMILES string of the molecule is C/C(=C\c1cc(F)cc(N2CCN(C(=O)Cn3cccn3)CC2)c1)[C@H]1OC(=O)C[C@H](O[Si](C)(C)C(C)(C)C)CC[C@H](C)[C@@H](OC(=O)Oc2ccc([N+](=O)[O-])cc2)/C=C/[C@@H]1C. The first-order chi connectivity index (χ1) is 28.3. The number of halogens is 1. The summed E-state index contributed by atoms with van der Waals surface area (Å²) < 4.78 is 41.1. The highest BCUT2D eigenvalue weighted by molar-refractivity contribution is 6.74. The van der Waals surface area contributed by atoms with Crippen LogP contribution in [0, 0.1) is 27.8 Å². The van der Waals surface area contributed by atoms with Crippen LogP contribution in [0.5, 0.6) is 5.75 Å². The number of esters is 1. The molecule has 0 N–H and O–H groups in total. The number of benzene rings is 2. The Morgan fingerprint density at radius 1 is 1.05 bits per heavy atom. The average Bonchev–Trinajstić information content (AvgIpc) is 3.69. The van der Waals surface area contributed by atoms with Gasteiger partial charge in [0.05, 0.1) is 17.4 Å². The summed E-state index contributed by atoms with van der Waals surface area (Å²) in [5.41, 5.74) is 1.80. The molecule has 16 heteroatoms. The molecule has 3 aromatic rings. The normalized spacial score (nSPS) is 22.9. The minimum Gasteiger partial charge on any atom is -0.457 e. The number of piperazine rings is 1. The number of carbonyl (C=O) groups is 3. The number of non-ortho nitro benzene ring substituents is 1. The quantitative estimate of drug-likeness (QED) is 0.0481. The number of nitro groups is 1. The monoisotopic (exact) mass is 847 g/mol. The van der Waals surface area contributed by atoms with Crippen molar-refractivity contribution in [2.24, 2.45) is 11.8 Å². The summed E-state index contributed by atoms with van der Waals surface area (Å²) in [6.45, 7) is 18.5. The van der Waals surface area contributed by atoms with Gasteiger partial charge in [-0.15, -0.1) is 0 Å². The molecular weight excluding hydrogens is 790 g/mol. The summed E-state index contributed by atoms with van der Waals surface area (Å²) in [6.07, 6.45) is 6.96. The molecule has 2 aromatic carbocycles. The van der Waals surface area contributed by atoms with Crippen LogP contribution < -0.4 is 9.64 Å². The number of hydrogen-bond donors (Lipinski definition) is 0. The van der Waals surface area contributed by atoms with Crippen LogP contribution in [0.15, 0.2) is 78.6 Å². The first-order valence-corrected chi connectivity index (χ1v) is 23.4. The zero-order chi connectivity index (χ0) is 43.8. The molecule has 5 atom stereocenters. The number of ether oxygens (including phenoxy) is 3. The number of cyclic esters (lactones) is 1. The Balaban J connectivity index is 1.37. The lowest BCUT2D eigenvalue weighted by Crippen LogP contribution is -2.49. The number of rotatable bonds is 10. The van der Waals surface area contributed by atoms with E-state index in [1.807, 2.05) is 43.9 Å². The van der Waals surface area contributed by atoms with Crippen LogP contribution in [0.2, 0.25) is 18.1 Å². The van der Waals surface area contributed by atoms with Gasteiger partial charge in [0.25, 0.3) is 5.69 Å². The van der Waals surface area contributed by atoms with Gasteiger partial charge in [0.1, 0.15) is 30.3 Å². The molecule has 3 heterocycles. The lowest BCUT2D eigenvalue weighted by molar-refractivity contribution is -0.384. The molecule has 2 aliphatic rings. The fraction of sp³-hybridized carbons (Fsp3) is 0.500. The molecule has 1 saturated heterocycles. The van der Waals surface area contributed by atoms with Crippen LogP contribution in [0.3, 0.4) is 0 Å². The Bertz CT molecular complexity index is 2030. The standard InChI is InChI=1S/C44H58FN5O9Si/c1-30-10-14-38(59-60(7,8)44(4,5)6)28-41(52)58-42(31(2)11-17-39(30)57-43(53)56-37-15-12-35(13-16-37)50(54)55)32(3)24-33-25-34(45)27-36(26-33)47-20-22-48(23-21-47)40(51)29-49-19-9-18-46-49/h9,11-13,15-19,24-27,30-31,38-39,42H,10,14,20-23,28-29H2,1-8H3/b17-11+,32-24+/t30-,31-,38+,39-,42-/m0/s1. The molecule has 1 amide bonds. The summed E-state index contributed by atoms with van der Waals surface area (Å²) in [7, 11) is -2.33. The van der Waals surface area contributed by atoms with Gasteiger partial charge >= 0.3 is 12.1 Å². The molecule has 2 aliphatic heterocycles. The number of aromatic nitrogens is 2. The smallest absolute Gasteiger partial charge is 0.457 e. The van der Waals surface area contributed by atoms with Crippen LogP contribution in [-0.2, 0) is 30.0 Å². The molecule has 0 saturated carbocycles. The van der Waals surface area contributed by atoms with Crippen molar-refractivity contribution < 1.29 is 42.3 Å². The Labute approximate surface area is 352 Å². The average molecular weight is 848 g/mol. The number of hydrogen-bond acceptors (Lipinski definition) is 11. The van der Waals surface area contributed by atoms with Crippen LogP contribution in [0.25, 0.3) is 6.08 Å². The van der Waals surface area contributed by atoms with Crippen LogP contribution in [-0.4, -0.2) is 90.4 Å². The second-order valence-corrected chi connectivity index (χ2v) is 22.1. The third-order valence-corrected chi connectivity index (χ3v) is 16.1. The van der Waals surface area contributed by atoms with Crippen molar-refractivity contribution in [1.82, 2.24) is 14.7 Å². The van der Waals surface area contributed by atoms with E-state index >= 15 is 4.39 Å². The van der Waals surface area contributed by atoms with E-state index in [0.29, 0.717) is 55.8 Å². The highest BCUT2D eigenvalue weighted by Crippen LogP contribution is 2.39. The van der Waals surface area contributed by atoms with Gasteiger partial charge in [-0.1, -0.05) is 46.8 Å². The molecule has 0 bridgehead atoms. The molecule has 0 radical (unpaired) electrons. The van der Waals surface area contributed by atoms with Gasteiger partial charge in [-0.3, -0.25) is 24.4 Å². The second-order valence-electron chi connectivity index (χ2n) is 17.3. The Hall–Kier alpha value is -5.35. The summed E-state index contributed by atoms with van der Waals surface area (Å²) in [5.74, 6) is -1.39. The van der Waals surface area contributed by atoms with Crippen molar-refractivity contribution >= 4 is 43.8 Å². The van der Waals surface area contributed by atoms with E-state index in [2.05, 4.69) is 39.0 Å². The minimum absolute atomic E-state index is 0.0215. The molecule has 324 valence electrons. The summed E-state index contributed by atoms with van der Waals surface area (Å²) in [6, 6.07) is 11.7. The Morgan fingerprint density at radius 2 is 1.75 bits per heavy atom. The third-order valence-electron chi connectivity index (χ3n) is 11.6. The molecule has 5 rings (SSSR count). The topological polar surface area (TPSA) is 156 Å². The van der Waals surface area contributed by atoms with E-state index in [1.165, 1.54) is 36.4 Å². The largest absolute Gasteiger partial charge is 0.514 e. The molecule has 0 aliphatic carbocycles. The number of carbonyl (C=O) groups excluding carboxylic acids is 3. The maximum Gasteiger partial charge on any atom is 0.514 e. The zero-order valence-corrected chi connectivity index (χ0v) is 36.8. The number of nitrogens with zero attached hydrogens (tertiary/aromatic N) is 5. The molecule has 1 fully saturated rings. The Kier molecular flexibility index (Phi) is 15.1. The van der Waals surface area contributed by atoms with E-state index in [-0.39, 0.29) is 41.3 Å². The summed E-state index contributed by atoms with van der Waals surface area (Å²) >= 11 is 0. The van der Waals surface area contributed by atoms with Crippen molar-refractivity contribution in [3.63, 3.8) is 0 Å². The molecular formula is C44H58FN5O9Si. The number of amides is 1. The maximum absolute atomic E-state index is 15.2. The van der Waals surface area contributed by atoms with Crippen LogP contribution >= 0.6 is 0 Å². The van der Waals surface area contributed by atoms with E-state index in [9.17, 15) is 24.5 Å². The fourth-order valence-electron chi connectivity index (χ4n) is 7.05. The molecule has 0 spiro atoms. The molecule has 0 unspecified atom stereocenters. The van der Waals surface area contributed by atoms with Gasteiger partial charge in [-0.25, -0.2) is 9.18 Å². The van der Waals surface area contributed by atoms with Gasteiger partial charge < -0.3 is 28.4 Å². The van der Waals surface area contributed by atoms with Crippen molar-refractivity contribution in [3.05, 3.63) is 100 Å². The van der Waals surface area contributed by atoms with Crippen LogP contribution in [0.4, 0.5) is 20.6 Å². The van der Waals surface area contributed by atoms with Crippen LogP contribution in [0.1, 0.15) is 66.4 Å². The van der Waals surface area contributed by atoms with Gasteiger partial charge in [0, 0.05) is 62.3 Å². The van der Waals surface area contributed by atoms with E-state index in [1.54, 1.807) is 34.1 Å². The van der Waals surface area contributed by atoms with E-state index in [0.717, 1.165) is 0 Å². The zero-order valence-electron chi connectivity index (χ0n) is 35.8. The van der Waals surface area contributed by atoms with Crippen molar-refractivity contribution in [3.8, 4) is 5.75 Å². The maximum atomic E-state index is 15.2. The lowest BCUT2D eigenvalue weighted by atomic mass is 9.91. The summed E-state index contributed by atoms with van der Waals surface area (Å²) in [5, 5.41) is 15.1. The number of anilines is 1. The summed E-state index contributed by atoms with van der Waals surface area (Å²) in [4.78, 5) is 54.1. The Morgan fingerprint density at radius 3 is 2.38 bits per heavy atom. The number of nitro benzene ring substituents is 1. The molecule has 60 heavy (non-hydrogen) atoms. The third kappa shape index (κ3) is 12.6. The van der Waals surface area contributed by atoms with Crippen molar-refractivity contribution in [2.45, 2.75) is 104 Å². The second kappa shape index (κ2) is 19.8. The first-order valence-electron chi connectivity index (χ1n) is 20.5. The minimum atomic E-state index is -2.33. The molecule has 14 nitrogen and oxygen atoms in total. The van der Waals surface area contributed by atoms with Crippen molar-refractivity contribution in [1.29, 1.82) is 0 Å². The van der Waals surface area contributed by atoms with Gasteiger partial charge in [-0.2, -0.15) is 5.10 Å². The first kappa shape index (κ1) is 45.7. The highest BCUT2D eigenvalue weighted by atomic mass is 28.4. The predicted octanol–water partition coefficient (Wildman–Crippen LogP) is 8.58. The lowest BCUT2D eigenvalue weighted by Gasteiger charge is -2.39.